The van der Waals surface area contributed by atoms with Gasteiger partial charge in [0.15, 0.2) is 0 Å². The van der Waals surface area contributed by atoms with Crippen molar-refractivity contribution in [1.82, 2.24) is 10.6 Å². The number of amidine groups is 1. The lowest BCUT2D eigenvalue weighted by molar-refractivity contribution is 0.235. The van der Waals surface area contributed by atoms with Gasteiger partial charge in [-0.1, -0.05) is 0 Å². The summed E-state index contributed by atoms with van der Waals surface area (Å²) in [5.74, 6) is 0.0809. The smallest absolute Gasteiger partial charge is 0.315 e. The Labute approximate surface area is 78.6 Å². The summed E-state index contributed by atoms with van der Waals surface area (Å²) in [6.45, 7) is 5.58. The minimum absolute atomic E-state index is 0.0809. The van der Waals surface area contributed by atoms with Crippen LogP contribution in [-0.2, 0) is 0 Å². The highest BCUT2D eigenvalue weighted by Gasteiger charge is 2.08. The van der Waals surface area contributed by atoms with Gasteiger partial charge < -0.3 is 16.4 Å². The van der Waals surface area contributed by atoms with Gasteiger partial charge in [0.25, 0.3) is 0 Å². The number of rotatable bonds is 4. The number of hydrogen-bond donors (Lipinski definition) is 4. The quantitative estimate of drug-likeness (QED) is 0.378. The summed E-state index contributed by atoms with van der Waals surface area (Å²) in [4.78, 5) is 11.1. The fraction of sp³-hybridized carbons (Fsp3) is 0.750. The predicted molar refractivity (Wildman–Crippen MR) is 52.8 cm³/mol. The van der Waals surface area contributed by atoms with E-state index in [1.165, 1.54) is 0 Å². The number of nitrogens with one attached hydrogen (secondary N) is 3. The third-order valence-corrected chi connectivity index (χ3v) is 1.32. The topological polar surface area (TPSA) is 91.0 Å². The van der Waals surface area contributed by atoms with Crippen molar-refractivity contribution in [3.63, 3.8) is 0 Å². The SMILES string of the molecule is CC(C)NC(=O)NC(C)CC(=N)N. The van der Waals surface area contributed by atoms with Gasteiger partial charge >= 0.3 is 6.03 Å². The highest BCUT2D eigenvalue weighted by molar-refractivity contribution is 5.79. The molecule has 0 aliphatic heterocycles. The summed E-state index contributed by atoms with van der Waals surface area (Å²) in [6.07, 6.45) is 0.380. The zero-order valence-corrected chi connectivity index (χ0v) is 8.35. The highest BCUT2D eigenvalue weighted by Crippen LogP contribution is 1.89. The molecule has 5 nitrogen and oxygen atoms in total. The Hall–Kier alpha value is -1.26. The van der Waals surface area contributed by atoms with Gasteiger partial charge in [0, 0.05) is 18.5 Å². The average Bonchev–Trinajstić information content (AvgIpc) is 1.80. The van der Waals surface area contributed by atoms with Crippen molar-refractivity contribution in [3.8, 4) is 0 Å². The van der Waals surface area contributed by atoms with Crippen LogP contribution in [0.4, 0.5) is 4.79 Å². The van der Waals surface area contributed by atoms with E-state index in [9.17, 15) is 4.79 Å². The second-order valence-corrected chi connectivity index (χ2v) is 3.40. The molecule has 0 saturated heterocycles. The van der Waals surface area contributed by atoms with Gasteiger partial charge in [-0.3, -0.25) is 5.41 Å². The molecule has 0 rings (SSSR count). The number of amides is 2. The first kappa shape index (κ1) is 11.7. The number of hydrogen-bond acceptors (Lipinski definition) is 2. The molecule has 76 valence electrons. The van der Waals surface area contributed by atoms with E-state index in [2.05, 4.69) is 10.6 Å². The Balaban J connectivity index is 3.71. The molecule has 0 bridgehead atoms. The van der Waals surface area contributed by atoms with E-state index in [1.807, 2.05) is 13.8 Å². The lowest BCUT2D eigenvalue weighted by Crippen LogP contribution is -2.44. The molecule has 1 atom stereocenters. The molecule has 0 heterocycles. The first-order valence-electron chi connectivity index (χ1n) is 4.31. The normalized spacial score (nSPS) is 12.3. The summed E-state index contributed by atoms with van der Waals surface area (Å²) >= 11 is 0. The maximum Gasteiger partial charge on any atom is 0.315 e. The van der Waals surface area contributed by atoms with Gasteiger partial charge in [-0.15, -0.1) is 0 Å². The predicted octanol–water partition coefficient (Wildman–Crippen LogP) is 0.409. The van der Waals surface area contributed by atoms with Crippen LogP contribution >= 0.6 is 0 Å². The van der Waals surface area contributed by atoms with Crippen molar-refractivity contribution < 1.29 is 4.79 Å². The second kappa shape index (κ2) is 5.40. The van der Waals surface area contributed by atoms with E-state index in [4.69, 9.17) is 11.1 Å². The van der Waals surface area contributed by atoms with Crippen LogP contribution in [0.1, 0.15) is 27.2 Å². The average molecular weight is 186 g/mol. The number of urea groups is 1. The van der Waals surface area contributed by atoms with Crippen molar-refractivity contribution in [1.29, 1.82) is 5.41 Å². The minimum Gasteiger partial charge on any atom is -0.388 e. The monoisotopic (exact) mass is 186 g/mol. The minimum atomic E-state index is -0.219. The van der Waals surface area contributed by atoms with Crippen molar-refractivity contribution in [2.24, 2.45) is 5.73 Å². The molecule has 1 unspecified atom stereocenters. The Bertz CT molecular complexity index is 191. The van der Waals surface area contributed by atoms with E-state index < -0.39 is 0 Å². The van der Waals surface area contributed by atoms with Crippen molar-refractivity contribution >= 4 is 11.9 Å². The molecular weight excluding hydrogens is 168 g/mol. The van der Waals surface area contributed by atoms with Crippen LogP contribution in [0.2, 0.25) is 0 Å². The van der Waals surface area contributed by atoms with E-state index in [0.29, 0.717) is 6.42 Å². The molecule has 0 aliphatic rings. The van der Waals surface area contributed by atoms with E-state index in [-0.39, 0.29) is 24.0 Å². The molecule has 0 fully saturated rings. The zero-order chi connectivity index (χ0) is 10.4. The molecule has 0 aromatic heterocycles. The van der Waals surface area contributed by atoms with E-state index >= 15 is 0 Å². The first-order chi connectivity index (χ1) is 5.91. The molecule has 0 aromatic carbocycles. The van der Waals surface area contributed by atoms with E-state index in [1.54, 1.807) is 6.92 Å². The van der Waals surface area contributed by atoms with E-state index in [0.717, 1.165) is 0 Å². The Kier molecular flexibility index (Phi) is 4.87. The Morgan fingerprint density at radius 2 is 1.92 bits per heavy atom. The second-order valence-electron chi connectivity index (χ2n) is 3.40. The van der Waals surface area contributed by atoms with Crippen molar-refractivity contribution in [2.45, 2.75) is 39.3 Å². The van der Waals surface area contributed by atoms with Crippen LogP contribution in [0.25, 0.3) is 0 Å². The lowest BCUT2D eigenvalue weighted by Gasteiger charge is -2.15. The maximum absolute atomic E-state index is 11.1. The summed E-state index contributed by atoms with van der Waals surface area (Å²) in [6, 6.07) is -0.204. The van der Waals surface area contributed by atoms with Crippen LogP contribution in [-0.4, -0.2) is 24.0 Å². The number of nitrogens with two attached hydrogens (primary N) is 1. The number of carbonyl (C=O) groups excluding carboxylic acids is 1. The Morgan fingerprint density at radius 1 is 1.38 bits per heavy atom. The molecule has 0 saturated carbocycles. The fourth-order valence-corrected chi connectivity index (χ4v) is 0.909. The molecule has 5 heteroatoms. The highest BCUT2D eigenvalue weighted by atomic mass is 16.2. The largest absolute Gasteiger partial charge is 0.388 e. The van der Waals surface area contributed by atoms with Crippen LogP contribution < -0.4 is 16.4 Å². The summed E-state index contributed by atoms with van der Waals surface area (Å²) in [5, 5.41) is 12.4. The maximum atomic E-state index is 11.1. The standard InChI is InChI=1S/C8H18N4O/c1-5(2)11-8(13)12-6(3)4-7(9)10/h5-6H,4H2,1-3H3,(H3,9,10)(H2,11,12,13). The van der Waals surface area contributed by atoms with Gasteiger partial charge in [-0.2, -0.15) is 0 Å². The van der Waals surface area contributed by atoms with Crippen LogP contribution in [0.15, 0.2) is 0 Å². The Morgan fingerprint density at radius 3 is 2.31 bits per heavy atom. The van der Waals surface area contributed by atoms with Gasteiger partial charge in [-0.25, -0.2) is 4.79 Å². The summed E-state index contributed by atoms with van der Waals surface area (Å²) < 4.78 is 0. The van der Waals surface area contributed by atoms with Crippen molar-refractivity contribution in [2.75, 3.05) is 0 Å². The fourth-order valence-electron chi connectivity index (χ4n) is 0.909. The van der Waals surface area contributed by atoms with Gasteiger partial charge in [-0.05, 0) is 20.8 Å². The lowest BCUT2D eigenvalue weighted by atomic mass is 10.2. The van der Waals surface area contributed by atoms with Crippen LogP contribution in [0.3, 0.4) is 0 Å². The molecule has 0 aliphatic carbocycles. The summed E-state index contributed by atoms with van der Waals surface area (Å²) in [7, 11) is 0. The first-order valence-corrected chi connectivity index (χ1v) is 4.31. The third-order valence-electron chi connectivity index (χ3n) is 1.32. The molecule has 0 radical (unpaired) electrons. The van der Waals surface area contributed by atoms with Gasteiger partial charge in [0.05, 0.1) is 5.84 Å². The molecule has 13 heavy (non-hydrogen) atoms. The van der Waals surface area contributed by atoms with Gasteiger partial charge in [0.2, 0.25) is 0 Å². The summed E-state index contributed by atoms with van der Waals surface area (Å²) in [5.41, 5.74) is 5.18. The van der Waals surface area contributed by atoms with Crippen molar-refractivity contribution in [3.05, 3.63) is 0 Å². The molecular formula is C8H18N4O. The van der Waals surface area contributed by atoms with Crippen LogP contribution in [0.5, 0.6) is 0 Å². The third kappa shape index (κ3) is 7.11. The van der Waals surface area contributed by atoms with Crippen LogP contribution in [0, 0.1) is 5.41 Å². The number of carbonyl (C=O) groups is 1. The molecule has 0 spiro atoms. The molecule has 2 amide bonds. The van der Waals surface area contributed by atoms with Gasteiger partial charge in [0.1, 0.15) is 0 Å². The molecule has 5 N–H and O–H groups in total. The zero-order valence-electron chi connectivity index (χ0n) is 8.35. The molecule has 0 aromatic rings.